The summed E-state index contributed by atoms with van der Waals surface area (Å²) >= 11 is 5.60. The molecule has 2 aromatic carbocycles. The van der Waals surface area contributed by atoms with Crippen LogP contribution in [0.4, 0.5) is 10.1 Å². The fourth-order valence-corrected chi connectivity index (χ4v) is 1.71. The number of hydrogen-bond donors (Lipinski definition) is 2. The molecule has 0 aliphatic heterocycles. The van der Waals surface area contributed by atoms with E-state index in [1.807, 2.05) is 0 Å². The predicted octanol–water partition coefficient (Wildman–Crippen LogP) is 3.19. The molecule has 0 aliphatic rings. The Balaban J connectivity index is 2.01. The van der Waals surface area contributed by atoms with Crippen molar-refractivity contribution in [3.05, 3.63) is 64.4 Å². The highest BCUT2D eigenvalue weighted by Crippen LogP contribution is 2.19. The Morgan fingerprint density at radius 3 is 2.47 bits per heavy atom. The number of nitrogens with one attached hydrogen (secondary N) is 1. The van der Waals surface area contributed by atoms with Crippen molar-refractivity contribution in [1.82, 2.24) is 0 Å². The van der Waals surface area contributed by atoms with Gasteiger partial charge in [-0.2, -0.15) is 0 Å². The first-order chi connectivity index (χ1) is 9.06. The third kappa shape index (κ3) is 3.45. The summed E-state index contributed by atoms with van der Waals surface area (Å²) in [5, 5.41) is 3.16. The Bertz CT molecular complexity index is 599. The molecule has 0 saturated heterocycles. The Labute approximate surface area is 115 Å². The number of benzene rings is 2. The minimum Gasteiger partial charge on any atom is -0.381 e. The smallest absolute Gasteiger partial charge is 0.248 e. The molecule has 19 heavy (non-hydrogen) atoms. The summed E-state index contributed by atoms with van der Waals surface area (Å²) in [7, 11) is 0. The molecule has 2 aromatic rings. The van der Waals surface area contributed by atoms with Gasteiger partial charge in [0.2, 0.25) is 5.91 Å². The Morgan fingerprint density at radius 1 is 1.21 bits per heavy atom. The first-order valence-corrected chi connectivity index (χ1v) is 6.02. The van der Waals surface area contributed by atoms with Gasteiger partial charge in [0.25, 0.3) is 0 Å². The molecule has 5 heteroatoms. The van der Waals surface area contributed by atoms with E-state index in [0.29, 0.717) is 17.8 Å². The monoisotopic (exact) mass is 278 g/mol. The van der Waals surface area contributed by atoms with E-state index in [9.17, 15) is 9.18 Å². The van der Waals surface area contributed by atoms with Crippen LogP contribution >= 0.6 is 11.6 Å². The molecule has 0 saturated carbocycles. The van der Waals surface area contributed by atoms with E-state index in [1.165, 1.54) is 12.1 Å². The standard InChI is InChI=1S/C14H12ClFN2O/c15-12-6-5-11(7-13(12)16)18-8-9-1-3-10(4-2-9)14(17)19/h1-7,18H,8H2,(H2,17,19). The second-order valence-electron chi connectivity index (χ2n) is 4.04. The number of nitrogens with two attached hydrogens (primary N) is 1. The second kappa shape index (κ2) is 5.71. The van der Waals surface area contributed by atoms with Crippen LogP contribution in [0.1, 0.15) is 15.9 Å². The first-order valence-electron chi connectivity index (χ1n) is 5.64. The van der Waals surface area contributed by atoms with Gasteiger partial charge in [-0.05, 0) is 35.9 Å². The lowest BCUT2D eigenvalue weighted by Crippen LogP contribution is -2.10. The van der Waals surface area contributed by atoms with Gasteiger partial charge in [-0.3, -0.25) is 4.79 Å². The number of primary amides is 1. The summed E-state index contributed by atoms with van der Waals surface area (Å²) in [6.07, 6.45) is 0. The van der Waals surface area contributed by atoms with E-state index in [2.05, 4.69) is 5.32 Å². The van der Waals surface area contributed by atoms with Gasteiger partial charge < -0.3 is 11.1 Å². The van der Waals surface area contributed by atoms with E-state index in [0.717, 1.165) is 5.56 Å². The maximum Gasteiger partial charge on any atom is 0.248 e. The average molecular weight is 279 g/mol. The summed E-state index contributed by atoms with van der Waals surface area (Å²) in [4.78, 5) is 10.9. The van der Waals surface area contributed by atoms with Gasteiger partial charge in [0.15, 0.2) is 0 Å². The number of carbonyl (C=O) groups excluding carboxylic acids is 1. The van der Waals surface area contributed by atoms with Gasteiger partial charge in [0.1, 0.15) is 5.82 Å². The van der Waals surface area contributed by atoms with Gasteiger partial charge in [-0.25, -0.2) is 4.39 Å². The molecule has 0 spiro atoms. The zero-order valence-electron chi connectivity index (χ0n) is 9.99. The van der Waals surface area contributed by atoms with Crippen molar-refractivity contribution >= 4 is 23.2 Å². The topological polar surface area (TPSA) is 55.1 Å². The Morgan fingerprint density at radius 2 is 1.89 bits per heavy atom. The minimum atomic E-state index is -0.462. The molecule has 0 bridgehead atoms. The predicted molar refractivity (Wildman–Crippen MR) is 73.7 cm³/mol. The summed E-state index contributed by atoms with van der Waals surface area (Å²) < 4.78 is 13.2. The van der Waals surface area contributed by atoms with E-state index >= 15 is 0 Å². The number of rotatable bonds is 4. The normalized spacial score (nSPS) is 10.2. The molecule has 3 N–H and O–H groups in total. The maximum atomic E-state index is 13.2. The molecule has 0 unspecified atom stereocenters. The van der Waals surface area contributed by atoms with E-state index < -0.39 is 11.7 Å². The maximum absolute atomic E-state index is 13.2. The molecule has 98 valence electrons. The van der Waals surface area contributed by atoms with Crippen LogP contribution < -0.4 is 11.1 Å². The molecule has 0 aliphatic carbocycles. The SMILES string of the molecule is NC(=O)c1ccc(CNc2ccc(Cl)c(F)c2)cc1. The van der Waals surface area contributed by atoms with Crippen LogP contribution in [0.15, 0.2) is 42.5 Å². The van der Waals surface area contributed by atoms with Crippen molar-refractivity contribution < 1.29 is 9.18 Å². The molecule has 0 atom stereocenters. The number of carbonyl (C=O) groups is 1. The highest BCUT2D eigenvalue weighted by molar-refractivity contribution is 6.30. The van der Waals surface area contributed by atoms with Crippen LogP contribution in [0.2, 0.25) is 5.02 Å². The quantitative estimate of drug-likeness (QED) is 0.902. The number of hydrogen-bond acceptors (Lipinski definition) is 2. The summed E-state index contributed by atoms with van der Waals surface area (Å²) in [5.41, 5.74) is 7.21. The molecule has 3 nitrogen and oxygen atoms in total. The van der Waals surface area contributed by atoms with Crippen molar-refractivity contribution in [2.24, 2.45) is 5.73 Å². The average Bonchev–Trinajstić information content (AvgIpc) is 2.40. The summed E-state index contributed by atoms with van der Waals surface area (Å²) in [5.74, 6) is -0.921. The third-order valence-electron chi connectivity index (χ3n) is 2.65. The van der Waals surface area contributed by atoms with Crippen molar-refractivity contribution in [3.8, 4) is 0 Å². The highest BCUT2D eigenvalue weighted by Gasteiger charge is 2.02. The minimum absolute atomic E-state index is 0.0939. The highest BCUT2D eigenvalue weighted by atomic mass is 35.5. The molecule has 0 radical (unpaired) electrons. The molecule has 1 amide bonds. The van der Waals surface area contributed by atoms with Gasteiger partial charge in [-0.1, -0.05) is 23.7 Å². The van der Waals surface area contributed by atoms with Gasteiger partial charge >= 0.3 is 0 Å². The van der Waals surface area contributed by atoms with Gasteiger partial charge in [0, 0.05) is 17.8 Å². The lowest BCUT2D eigenvalue weighted by atomic mass is 10.1. The van der Waals surface area contributed by atoms with E-state index in [4.69, 9.17) is 17.3 Å². The van der Waals surface area contributed by atoms with Gasteiger partial charge in [0.05, 0.1) is 5.02 Å². The second-order valence-corrected chi connectivity index (χ2v) is 4.45. The largest absolute Gasteiger partial charge is 0.381 e. The van der Waals surface area contributed by atoms with Crippen LogP contribution in [-0.4, -0.2) is 5.91 Å². The van der Waals surface area contributed by atoms with Crippen molar-refractivity contribution in [2.75, 3.05) is 5.32 Å². The molecule has 0 heterocycles. The number of halogens is 2. The number of anilines is 1. The zero-order valence-corrected chi connectivity index (χ0v) is 10.7. The fraction of sp³-hybridized carbons (Fsp3) is 0.0714. The van der Waals surface area contributed by atoms with Crippen LogP contribution in [0, 0.1) is 5.82 Å². The van der Waals surface area contributed by atoms with Crippen LogP contribution in [-0.2, 0) is 6.54 Å². The number of amides is 1. The molecule has 0 fully saturated rings. The lowest BCUT2D eigenvalue weighted by molar-refractivity contribution is 0.100. The van der Waals surface area contributed by atoms with Crippen LogP contribution in [0.25, 0.3) is 0 Å². The van der Waals surface area contributed by atoms with Crippen LogP contribution in [0.5, 0.6) is 0 Å². The summed E-state index contributed by atoms with van der Waals surface area (Å²) in [6, 6.07) is 11.4. The molecular formula is C14H12ClFN2O. The first kappa shape index (κ1) is 13.4. The van der Waals surface area contributed by atoms with Crippen molar-refractivity contribution in [1.29, 1.82) is 0 Å². The van der Waals surface area contributed by atoms with E-state index in [1.54, 1.807) is 30.3 Å². The third-order valence-corrected chi connectivity index (χ3v) is 2.96. The fourth-order valence-electron chi connectivity index (χ4n) is 1.60. The zero-order chi connectivity index (χ0) is 13.8. The van der Waals surface area contributed by atoms with E-state index in [-0.39, 0.29) is 5.02 Å². The lowest BCUT2D eigenvalue weighted by Gasteiger charge is -2.07. The molecular weight excluding hydrogens is 267 g/mol. The van der Waals surface area contributed by atoms with Crippen molar-refractivity contribution in [2.45, 2.75) is 6.54 Å². The molecule has 0 aromatic heterocycles. The Hall–Kier alpha value is -2.07. The van der Waals surface area contributed by atoms with Crippen molar-refractivity contribution in [3.63, 3.8) is 0 Å². The van der Waals surface area contributed by atoms with Gasteiger partial charge in [-0.15, -0.1) is 0 Å². The van der Waals surface area contributed by atoms with Crippen LogP contribution in [0.3, 0.4) is 0 Å². The molecule has 2 rings (SSSR count). The Kier molecular flexibility index (Phi) is 4.02. The summed E-state index contributed by atoms with van der Waals surface area (Å²) in [6.45, 7) is 0.514.